The van der Waals surface area contributed by atoms with E-state index in [4.69, 9.17) is 0 Å². The molecule has 0 saturated carbocycles. The Balaban J connectivity index is 2.30. The molecule has 0 aliphatic heterocycles. The minimum Gasteiger partial charge on any atom is -0.0887 e. The molecule has 0 aliphatic carbocycles. The summed E-state index contributed by atoms with van der Waals surface area (Å²) in [6, 6.07) is 15.2. The number of benzene rings is 2. The molecule has 0 fully saturated rings. The summed E-state index contributed by atoms with van der Waals surface area (Å²) < 4.78 is 0. The molecule has 1 unspecified atom stereocenters. The van der Waals surface area contributed by atoms with Gasteiger partial charge in [-0.05, 0) is 29.2 Å². The molecule has 0 saturated heterocycles. The molecular weight excluding hydrogens is 260 g/mol. The summed E-state index contributed by atoms with van der Waals surface area (Å²) in [5.74, 6) is 0. The molecule has 0 radical (unpaired) electrons. The predicted octanol–water partition coefficient (Wildman–Crippen LogP) is 4.95. The van der Waals surface area contributed by atoms with Crippen molar-refractivity contribution in [1.82, 2.24) is 0 Å². The molecule has 0 spiro atoms. The molecule has 2 aromatic carbocycles. The smallest absolute Gasteiger partial charge is 0.0186 e. The summed E-state index contributed by atoms with van der Waals surface area (Å²) in [6.45, 7) is 2.23. The topological polar surface area (TPSA) is 0 Å². The average molecular weight is 277 g/mol. The Morgan fingerprint density at radius 2 is 1.81 bits per heavy atom. The van der Waals surface area contributed by atoms with E-state index in [2.05, 4.69) is 65.3 Å². The largest absolute Gasteiger partial charge is 0.0887 e. The molecule has 2 rings (SSSR count). The highest BCUT2D eigenvalue weighted by Crippen LogP contribution is 2.22. The summed E-state index contributed by atoms with van der Waals surface area (Å²) in [5, 5.41) is 2.74. The van der Waals surface area contributed by atoms with Crippen molar-refractivity contribution in [3.8, 4) is 0 Å². The minimum atomic E-state index is 0.600. The number of hydrogen-bond donors (Lipinski definition) is 0. The lowest BCUT2D eigenvalue weighted by atomic mass is 10.00. The van der Waals surface area contributed by atoms with Gasteiger partial charge in [0.25, 0.3) is 0 Å². The van der Waals surface area contributed by atoms with Crippen molar-refractivity contribution >= 4 is 26.7 Å². The van der Waals surface area contributed by atoms with Crippen LogP contribution in [0.4, 0.5) is 0 Å². The fraction of sp³-hybridized carbons (Fsp3) is 0.333. The first-order valence-electron chi connectivity index (χ1n) is 5.92. The molecule has 2 aromatic rings. The van der Waals surface area contributed by atoms with E-state index in [-0.39, 0.29) is 0 Å². The van der Waals surface area contributed by atoms with Crippen molar-refractivity contribution in [2.45, 2.75) is 31.0 Å². The van der Waals surface area contributed by atoms with E-state index < -0.39 is 0 Å². The highest BCUT2D eigenvalue weighted by Gasteiger charge is 2.06. The second-order valence-electron chi connectivity index (χ2n) is 4.23. The molecule has 1 heteroatoms. The molecule has 1 atom stereocenters. The molecule has 0 amide bonds. The van der Waals surface area contributed by atoms with Crippen LogP contribution in [0.15, 0.2) is 42.5 Å². The fourth-order valence-electron chi connectivity index (χ4n) is 2.12. The van der Waals surface area contributed by atoms with Gasteiger partial charge < -0.3 is 0 Å². The average Bonchev–Trinajstić information content (AvgIpc) is 2.30. The summed E-state index contributed by atoms with van der Waals surface area (Å²) in [7, 11) is 0. The van der Waals surface area contributed by atoms with Crippen molar-refractivity contribution in [2.24, 2.45) is 0 Å². The van der Waals surface area contributed by atoms with Gasteiger partial charge in [-0.25, -0.2) is 0 Å². The number of hydrogen-bond acceptors (Lipinski definition) is 0. The first kappa shape index (κ1) is 11.7. The normalized spacial score (nSPS) is 12.9. The SMILES string of the molecule is CCCC(Br)Cc1cccc2ccccc12. The van der Waals surface area contributed by atoms with Gasteiger partial charge in [-0.2, -0.15) is 0 Å². The Bertz CT molecular complexity index is 456. The fourth-order valence-corrected chi connectivity index (χ4v) is 2.93. The zero-order valence-electron chi connectivity index (χ0n) is 9.62. The van der Waals surface area contributed by atoms with Gasteiger partial charge in [-0.3, -0.25) is 0 Å². The quantitative estimate of drug-likeness (QED) is 0.694. The zero-order chi connectivity index (χ0) is 11.4. The van der Waals surface area contributed by atoms with Crippen molar-refractivity contribution in [3.63, 3.8) is 0 Å². The number of halogens is 1. The maximum Gasteiger partial charge on any atom is 0.0186 e. The Morgan fingerprint density at radius 1 is 1.06 bits per heavy atom. The monoisotopic (exact) mass is 276 g/mol. The summed E-state index contributed by atoms with van der Waals surface area (Å²) >= 11 is 3.76. The van der Waals surface area contributed by atoms with Crippen LogP contribution in [0, 0.1) is 0 Å². The molecule has 0 aromatic heterocycles. The Labute approximate surface area is 106 Å². The highest BCUT2D eigenvalue weighted by atomic mass is 79.9. The van der Waals surface area contributed by atoms with Crippen molar-refractivity contribution in [2.75, 3.05) is 0 Å². The third kappa shape index (κ3) is 2.65. The predicted molar refractivity (Wildman–Crippen MR) is 75.3 cm³/mol. The molecule has 84 valence electrons. The number of fused-ring (bicyclic) bond motifs is 1. The van der Waals surface area contributed by atoms with E-state index in [1.165, 1.54) is 29.2 Å². The molecule has 0 bridgehead atoms. The van der Waals surface area contributed by atoms with Crippen LogP contribution in [-0.2, 0) is 6.42 Å². The van der Waals surface area contributed by atoms with E-state index >= 15 is 0 Å². The van der Waals surface area contributed by atoms with Crippen LogP contribution in [0.3, 0.4) is 0 Å². The van der Waals surface area contributed by atoms with Crippen molar-refractivity contribution < 1.29 is 0 Å². The van der Waals surface area contributed by atoms with Gasteiger partial charge in [0.05, 0.1) is 0 Å². The lowest BCUT2D eigenvalue weighted by Crippen LogP contribution is -2.02. The maximum absolute atomic E-state index is 3.76. The third-order valence-corrected chi connectivity index (χ3v) is 3.70. The highest BCUT2D eigenvalue weighted by molar-refractivity contribution is 9.09. The van der Waals surface area contributed by atoms with Gasteiger partial charge in [-0.1, -0.05) is 71.7 Å². The Kier molecular flexibility index (Phi) is 4.00. The van der Waals surface area contributed by atoms with Crippen molar-refractivity contribution in [3.05, 3.63) is 48.0 Å². The standard InChI is InChI=1S/C15H17Br/c1-2-6-14(16)11-13-9-5-8-12-7-3-4-10-15(12)13/h3-5,7-10,14H,2,6,11H2,1H3. The summed E-state index contributed by atoms with van der Waals surface area (Å²) in [5.41, 5.74) is 1.45. The van der Waals surface area contributed by atoms with Crippen LogP contribution >= 0.6 is 15.9 Å². The van der Waals surface area contributed by atoms with E-state index in [1.807, 2.05) is 0 Å². The maximum atomic E-state index is 3.76. The van der Waals surface area contributed by atoms with Crippen molar-refractivity contribution in [1.29, 1.82) is 0 Å². The van der Waals surface area contributed by atoms with Crippen LogP contribution < -0.4 is 0 Å². The molecule has 0 N–H and O–H groups in total. The van der Waals surface area contributed by atoms with E-state index in [0.29, 0.717) is 4.83 Å². The lowest BCUT2D eigenvalue weighted by Gasteiger charge is -2.10. The first-order valence-corrected chi connectivity index (χ1v) is 6.83. The van der Waals surface area contributed by atoms with Gasteiger partial charge in [0.15, 0.2) is 0 Å². The second kappa shape index (κ2) is 5.49. The van der Waals surface area contributed by atoms with E-state index in [0.717, 1.165) is 6.42 Å². The van der Waals surface area contributed by atoms with Crippen LogP contribution in [0.5, 0.6) is 0 Å². The van der Waals surface area contributed by atoms with Gasteiger partial charge >= 0.3 is 0 Å². The van der Waals surface area contributed by atoms with Crippen LogP contribution in [0.25, 0.3) is 10.8 Å². The lowest BCUT2D eigenvalue weighted by molar-refractivity contribution is 0.747. The third-order valence-electron chi connectivity index (χ3n) is 2.92. The first-order chi connectivity index (χ1) is 7.81. The van der Waals surface area contributed by atoms with Gasteiger partial charge in [-0.15, -0.1) is 0 Å². The molecular formula is C15H17Br. The molecule has 0 nitrogen and oxygen atoms in total. The van der Waals surface area contributed by atoms with Crippen LogP contribution in [0.1, 0.15) is 25.3 Å². The van der Waals surface area contributed by atoms with Gasteiger partial charge in [0.1, 0.15) is 0 Å². The van der Waals surface area contributed by atoms with Gasteiger partial charge in [0, 0.05) is 4.83 Å². The second-order valence-corrected chi connectivity index (χ2v) is 5.52. The molecule has 16 heavy (non-hydrogen) atoms. The van der Waals surface area contributed by atoms with E-state index in [1.54, 1.807) is 0 Å². The minimum absolute atomic E-state index is 0.600. The van der Waals surface area contributed by atoms with E-state index in [9.17, 15) is 0 Å². The number of rotatable bonds is 4. The summed E-state index contributed by atoms with van der Waals surface area (Å²) in [6.07, 6.45) is 3.60. The summed E-state index contributed by atoms with van der Waals surface area (Å²) in [4.78, 5) is 0.600. The Hall–Kier alpha value is -0.820. The molecule has 0 heterocycles. The Morgan fingerprint density at radius 3 is 2.62 bits per heavy atom. The number of alkyl halides is 1. The zero-order valence-corrected chi connectivity index (χ0v) is 11.2. The van der Waals surface area contributed by atoms with Crippen LogP contribution in [-0.4, -0.2) is 4.83 Å². The van der Waals surface area contributed by atoms with Crippen LogP contribution in [0.2, 0.25) is 0 Å². The molecule has 0 aliphatic rings. The van der Waals surface area contributed by atoms with Gasteiger partial charge in [0.2, 0.25) is 0 Å².